The van der Waals surface area contributed by atoms with Crippen LogP contribution in [0.2, 0.25) is 0 Å². The maximum absolute atomic E-state index is 12.0. The number of carbonyl (C=O) groups is 1. The molecule has 0 aliphatic carbocycles. The zero-order chi connectivity index (χ0) is 18.1. The summed E-state index contributed by atoms with van der Waals surface area (Å²) in [6.45, 7) is 1.52. The molecule has 0 fully saturated rings. The summed E-state index contributed by atoms with van der Waals surface area (Å²) in [5.74, 6) is -0.0528. The molecule has 2 aromatic heterocycles. The molecule has 4 nitrogen and oxygen atoms in total. The summed E-state index contributed by atoms with van der Waals surface area (Å²) in [6.07, 6.45) is 2.01. The van der Waals surface area contributed by atoms with Crippen molar-refractivity contribution in [3.63, 3.8) is 0 Å². The van der Waals surface area contributed by atoms with Crippen LogP contribution in [0.3, 0.4) is 0 Å². The number of pyridine rings is 1. The van der Waals surface area contributed by atoms with Crippen molar-refractivity contribution < 1.29 is 26.9 Å². The molecule has 27 heavy (non-hydrogen) atoms. The minimum atomic E-state index is -1.36. The van der Waals surface area contributed by atoms with Gasteiger partial charge in [0.25, 0.3) is 0 Å². The molecule has 0 saturated carbocycles. The average molecular weight is 444 g/mol. The molecular formula is C21H16BrClN2O2. The Morgan fingerprint density at radius 3 is 2.74 bits per heavy atom. The van der Waals surface area contributed by atoms with E-state index in [4.69, 9.17) is 0 Å². The Kier molecular flexibility index (Phi) is 4.14. The summed E-state index contributed by atoms with van der Waals surface area (Å²) < 4.78 is 2.92. The molecule has 5 rings (SSSR count). The first-order valence-corrected chi connectivity index (χ1v) is 9.26. The summed E-state index contributed by atoms with van der Waals surface area (Å²) in [4.78, 5) is 15.5. The number of ketones is 1. The molecule has 1 atom stereocenters. The second-order valence-corrected chi connectivity index (χ2v) is 7.81. The van der Waals surface area contributed by atoms with Crippen molar-refractivity contribution in [1.82, 2.24) is 4.98 Å². The second-order valence-electron chi connectivity index (χ2n) is 6.89. The summed E-state index contributed by atoms with van der Waals surface area (Å²) in [5, 5.41) is 13.9. The van der Waals surface area contributed by atoms with E-state index < -0.39 is 5.60 Å². The number of hydrogen-bond acceptors (Lipinski definition) is 2. The largest absolute Gasteiger partial charge is 1.00 e. The Balaban J connectivity index is 0.00000180. The Labute approximate surface area is 170 Å². The smallest absolute Gasteiger partial charge is 0.248 e. The Morgan fingerprint density at radius 2 is 1.96 bits per heavy atom. The number of fused-ring (bicyclic) bond motifs is 7. The molecule has 136 valence electrons. The maximum atomic E-state index is 12.0. The minimum Gasteiger partial charge on any atom is -1.00 e. The van der Waals surface area contributed by atoms with Gasteiger partial charge in [0.15, 0.2) is 11.8 Å². The monoisotopic (exact) mass is 442 g/mol. The highest BCUT2D eigenvalue weighted by molar-refractivity contribution is 9.10. The number of aliphatic hydroxyl groups is 1. The summed E-state index contributed by atoms with van der Waals surface area (Å²) in [5.41, 5.74) is 2.88. The lowest BCUT2D eigenvalue weighted by Crippen LogP contribution is -3.00. The van der Waals surface area contributed by atoms with E-state index in [1.807, 2.05) is 47.2 Å². The number of Topliss-reactive ketones (excluding diaryl/α,β-unsaturated/α-hetero) is 1. The van der Waals surface area contributed by atoms with E-state index in [9.17, 15) is 9.90 Å². The zero-order valence-electron chi connectivity index (χ0n) is 14.5. The van der Waals surface area contributed by atoms with Crippen molar-refractivity contribution in [2.24, 2.45) is 0 Å². The van der Waals surface area contributed by atoms with Crippen molar-refractivity contribution in [3.05, 3.63) is 70.5 Å². The third kappa shape index (κ3) is 2.46. The fourth-order valence-corrected chi connectivity index (χ4v) is 4.54. The van der Waals surface area contributed by atoms with Gasteiger partial charge in [-0.25, -0.2) is 0 Å². The third-order valence-corrected chi connectivity index (χ3v) is 5.67. The standard InChI is InChI=1S/C21H15BrN2O2.ClH/c1-12(25)11-21(26)16-7-6-13(22)10-18(16)24-9-8-15-14-4-2-3-5-17(14)23-19(15)20(21)24;/h2-10,26H,11H2,1H3;1H/t21-;/m0./s1. The highest BCUT2D eigenvalue weighted by atomic mass is 79.9. The molecule has 0 bridgehead atoms. The molecule has 1 aliphatic heterocycles. The van der Waals surface area contributed by atoms with Crippen LogP contribution in [-0.4, -0.2) is 15.9 Å². The van der Waals surface area contributed by atoms with Crippen molar-refractivity contribution >= 4 is 43.5 Å². The van der Waals surface area contributed by atoms with Crippen LogP contribution in [0.5, 0.6) is 0 Å². The van der Waals surface area contributed by atoms with Crippen LogP contribution in [0.15, 0.2) is 59.2 Å². The third-order valence-electron chi connectivity index (χ3n) is 5.18. The first kappa shape index (κ1) is 18.2. The number of H-pyrrole nitrogens is 1. The summed E-state index contributed by atoms with van der Waals surface area (Å²) in [6, 6.07) is 15.9. The van der Waals surface area contributed by atoms with Crippen LogP contribution < -0.4 is 17.0 Å². The number of nitrogens with zero attached hydrogens (tertiary/aromatic N) is 1. The van der Waals surface area contributed by atoms with Gasteiger partial charge >= 0.3 is 0 Å². The summed E-state index contributed by atoms with van der Waals surface area (Å²) >= 11 is 3.51. The molecule has 0 saturated heterocycles. The fourth-order valence-electron chi connectivity index (χ4n) is 4.20. The fraction of sp³-hybridized carbons (Fsp3) is 0.143. The predicted octanol–water partition coefficient (Wildman–Crippen LogP) is 0.893. The maximum Gasteiger partial charge on any atom is 0.248 e. The topological polar surface area (TPSA) is 57.0 Å². The van der Waals surface area contributed by atoms with Crippen molar-refractivity contribution in [1.29, 1.82) is 0 Å². The van der Waals surface area contributed by atoms with E-state index in [1.165, 1.54) is 6.92 Å². The number of hydrogen-bond donors (Lipinski definition) is 2. The number of halogens is 2. The molecule has 0 unspecified atom stereocenters. The number of carbonyl (C=O) groups excluding carboxylic acids is 1. The normalized spacial score (nSPS) is 17.6. The quantitative estimate of drug-likeness (QED) is 0.452. The Bertz CT molecular complexity index is 1230. The molecule has 0 amide bonds. The lowest BCUT2D eigenvalue weighted by molar-refractivity contribution is -0.600. The number of aromatic amines is 1. The van der Waals surface area contributed by atoms with E-state index in [0.717, 1.165) is 43.2 Å². The molecule has 0 spiro atoms. The van der Waals surface area contributed by atoms with Gasteiger partial charge in [-0.3, -0.25) is 4.79 Å². The first-order chi connectivity index (χ1) is 12.5. The molecule has 3 heterocycles. The molecule has 4 aromatic rings. The predicted molar refractivity (Wildman–Crippen MR) is 103 cm³/mol. The van der Waals surface area contributed by atoms with Gasteiger partial charge in [-0.15, -0.1) is 0 Å². The van der Waals surface area contributed by atoms with Crippen molar-refractivity contribution in [2.75, 3.05) is 0 Å². The van der Waals surface area contributed by atoms with Gasteiger partial charge in [0.2, 0.25) is 11.4 Å². The van der Waals surface area contributed by atoms with Crippen molar-refractivity contribution in [2.45, 2.75) is 18.9 Å². The Hall–Kier alpha value is -2.21. The van der Waals surface area contributed by atoms with Gasteiger partial charge in [-0.1, -0.05) is 34.1 Å². The van der Waals surface area contributed by atoms with Crippen LogP contribution in [0.4, 0.5) is 0 Å². The van der Waals surface area contributed by atoms with Crippen LogP contribution in [0.1, 0.15) is 24.6 Å². The number of rotatable bonds is 2. The number of benzene rings is 2. The molecule has 2 N–H and O–H groups in total. The summed E-state index contributed by atoms with van der Waals surface area (Å²) in [7, 11) is 0. The molecule has 1 aliphatic rings. The van der Waals surface area contributed by atoms with Crippen LogP contribution in [0, 0.1) is 0 Å². The van der Waals surface area contributed by atoms with Crippen LogP contribution in [0.25, 0.3) is 27.5 Å². The van der Waals surface area contributed by atoms with Crippen LogP contribution in [-0.2, 0) is 10.4 Å². The van der Waals surface area contributed by atoms with Gasteiger partial charge in [0.1, 0.15) is 11.3 Å². The second kappa shape index (κ2) is 6.16. The Morgan fingerprint density at radius 1 is 1.19 bits per heavy atom. The van der Waals surface area contributed by atoms with Gasteiger partial charge in [-0.05, 0) is 25.1 Å². The van der Waals surface area contributed by atoms with Gasteiger partial charge in [-0.2, -0.15) is 4.57 Å². The number of nitrogens with one attached hydrogen (secondary N) is 1. The first-order valence-electron chi connectivity index (χ1n) is 8.47. The lowest BCUT2D eigenvalue weighted by Gasteiger charge is -2.18. The molecule has 2 aromatic carbocycles. The van der Waals surface area contributed by atoms with E-state index in [0.29, 0.717) is 0 Å². The molecular weight excluding hydrogens is 428 g/mol. The van der Waals surface area contributed by atoms with Crippen LogP contribution >= 0.6 is 15.9 Å². The SMILES string of the molecule is CC(=O)C[C@]1(O)c2ccc(Br)cc2-[n+]2ccc3c([nH]c4ccccc43)c21.[Cl-]. The van der Waals surface area contributed by atoms with Crippen molar-refractivity contribution in [3.8, 4) is 5.69 Å². The minimum absolute atomic E-state index is 0. The zero-order valence-corrected chi connectivity index (χ0v) is 16.8. The van der Waals surface area contributed by atoms with Gasteiger partial charge in [0.05, 0.1) is 5.56 Å². The molecule has 6 heteroatoms. The number of aromatic nitrogens is 2. The van der Waals surface area contributed by atoms with Gasteiger partial charge < -0.3 is 22.5 Å². The van der Waals surface area contributed by atoms with E-state index in [1.54, 1.807) is 0 Å². The molecule has 0 radical (unpaired) electrons. The lowest BCUT2D eigenvalue weighted by atomic mass is 9.87. The average Bonchev–Trinajstić information content (AvgIpc) is 3.08. The highest BCUT2D eigenvalue weighted by Crippen LogP contribution is 2.43. The van der Waals surface area contributed by atoms with Gasteiger partial charge in [0, 0.05) is 39.3 Å². The van der Waals surface area contributed by atoms with E-state index in [-0.39, 0.29) is 24.6 Å². The highest BCUT2D eigenvalue weighted by Gasteiger charge is 2.52. The van der Waals surface area contributed by atoms with E-state index >= 15 is 0 Å². The number of para-hydroxylation sites is 1. The van der Waals surface area contributed by atoms with E-state index in [2.05, 4.69) is 33.0 Å².